The molecule has 3 aromatic rings. The second kappa shape index (κ2) is 12.3. The van der Waals surface area contributed by atoms with E-state index in [0.717, 1.165) is 17.7 Å². The van der Waals surface area contributed by atoms with Crippen molar-refractivity contribution in [2.45, 2.75) is 19.0 Å². The quantitative estimate of drug-likeness (QED) is 0.352. The Labute approximate surface area is 231 Å². The molecule has 204 valence electrons. The maximum Gasteiger partial charge on any atom is 0.418 e. The number of carbonyl (C=O) groups is 3. The summed E-state index contributed by atoms with van der Waals surface area (Å²) in [5, 5.41) is 5.11. The molecule has 0 spiro atoms. The fraction of sp³-hybridized carbons (Fsp3) is 0.250. The molecule has 0 unspecified atom stereocenters. The molecule has 1 aliphatic heterocycles. The number of nitrogens with zero attached hydrogens (tertiary/aromatic N) is 1. The number of rotatable bonds is 9. The van der Waals surface area contributed by atoms with Crippen LogP contribution in [-0.2, 0) is 27.0 Å². The highest BCUT2D eigenvalue weighted by Gasteiger charge is 2.35. The third-order valence-electron chi connectivity index (χ3n) is 6.13. The van der Waals surface area contributed by atoms with E-state index in [0.29, 0.717) is 24.4 Å². The van der Waals surface area contributed by atoms with Crippen LogP contribution in [0.4, 0.5) is 24.5 Å². The minimum atomic E-state index is -4.64. The summed E-state index contributed by atoms with van der Waals surface area (Å²) in [5.41, 5.74) is 0.330. The van der Waals surface area contributed by atoms with Crippen molar-refractivity contribution in [1.29, 1.82) is 0 Å². The zero-order valence-electron chi connectivity index (χ0n) is 20.6. The van der Waals surface area contributed by atoms with Crippen molar-refractivity contribution in [2.75, 3.05) is 29.9 Å². The molecular formula is C28H25BrF3N3O4. The van der Waals surface area contributed by atoms with E-state index < -0.39 is 30.2 Å². The van der Waals surface area contributed by atoms with Crippen molar-refractivity contribution in [1.82, 2.24) is 5.32 Å². The van der Waals surface area contributed by atoms with Crippen molar-refractivity contribution in [3.8, 4) is 5.75 Å². The van der Waals surface area contributed by atoms with Crippen LogP contribution in [0.25, 0.3) is 0 Å². The predicted octanol–water partition coefficient (Wildman–Crippen LogP) is 5.20. The molecule has 1 fully saturated rings. The smallest absolute Gasteiger partial charge is 0.418 e. The normalized spacial score (nSPS) is 15.2. The number of ether oxygens (including phenoxy) is 1. The number of halogens is 4. The van der Waals surface area contributed by atoms with Gasteiger partial charge in [-0.05, 0) is 54.4 Å². The molecule has 0 radical (unpaired) electrons. The van der Waals surface area contributed by atoms with Crippen LogP contribution >= 0.6 is 15.9 Å². The third kappa shape index (κ3) is 7.60. The number of alkyl halides is 3. The second-order valence-electron chi connectivity index (χ2n) is 8.95. The van der Waals surface area contributed by atoms with E-state index in [1.54, 1.807) is 24.3 Å². The molecule has 11 heteroatoms. The molecule has 7 nitrogen and oxygen atoms in total. The van der Waals surface area contributed by atoms with Crippen LogP contribution in [0.1, 0.15) is 17.5 Å². The van der Waals surface area contributed by atoms with E-state index in [2.05, 4.69) is 26.6 Å². The lowest BCUT2D eigenvalue weighted by molar-refractivity contribution is -0.137. The minimum absolute atomic E-state index is 0.103. The number of carbonyl (C=O) groups excluding carboxylic acids is 3. The maximum atomic E-state index is 13.3. The first-order chi connectivity index (χ1) is 18.6. The third-order valence-corrected chi connectivity index (χ3v) is 6.62. The summed E-state index contributed by atoms with van der Waals surface area (Å²) < 4.78 is 45.4. The summed E-state index contributed by atoms with van der Waals surface area (Å²) >= 11 is 3.00. The van der Waals surface area contributed by atoms with Crippen LogP contribution in [0.3, 0.4) is 0 Å². The molecule has 0 bridgehead atoms. The molecule has 1 heterocycles. The van der Waals surface area contributed by atoms with Crippen molar-refractivity contribution >= 4 is 45.0 Å². The van der Waals surface area contributed by atoms with Crippen LogP contribution in [0.15, 0.2) is 77.3 Å². The molecule has 1 aliphatic rings. The van der Waals surface area contributed by atoms with Gasteiger partial charge in [0, 0.05) is 29.7 Å². The topological polar surface area (TPSA) is 87.7 Å². The largest absolute Gasteiger partial charge is 0.484 e. The fourth-order valence-corrected chi connectivity index (χ4v) is 4.53. The van der Waals surface area contributed by atoms with Gasteiger partial charge in [-0.1, -0.05) is 46.3 Å². The Balaban J connectivity index is 1.27. The molecule has 0 saturated carbocycles. The number of hydrogen-bond acceptors (Lipinski definition) is 4. The number of hydrogen-bond donors (Lipinski definition) is 2. The molecule has 1 saturated heterocycles. The van der Waals surface area contributed by atoms with E-state index in [-0.39, 0.29) is 34.9 Å². The van der Waals surface area contributed by atoms with Crippen molar-refractivity contribution in [2.24, 2.45) is 5.92 Å². The lowest BCUT2D eigenvalue weighted by atomic mass is 10.1. The van der Waals surface area contributed by atoms with E-state index in [1.165, 1.54) is 11.0 Å². The zero-order valence-corrected chi connectivity index (χ0v) is 22.2. The summed E-state index contributed by atoms with van der Waals surface area (Å²) in [6, 6.07) is 19.5. The second-order valence-corrected chi connectivity index (χ2v) is 9.87. The Morgan fingerprint density at radius 2 is 1.74 bits per heavy atom. The predicted molar refractivity (Wildman–Crippen MR) is 143 cm³/mol. The lowest BCUT2D eigenvalue weighted by Gasteiger charge is -2.17. The Bertz CT molecular complexity index is 1330. The average Bonchev–Trinajstić information content (AvgIpc) is 3.30. The van der Waals surface area contributed by atoms with Gasteiger partial charge in [-0.2, -0.15) is 13.2 Å². The summed E-state index contributed by atoms with van der Waals surface area (Å²) in [6.45, 7) is 0.209. The van der Waals surface area contributed by atoms with Crippen molar-refractivity contribution in [3.05, 3.63) is 88.4 Å². The first kappa shape index (κ1) is 28.2. The van der Waals surface area contributed by atoms with E-state index >= 15 is 0 Å². The highest BCUT2D eigenvalue weighted by atomic mass is 79.9. The van der Waals surface area contributed by atoms with Crippen LogP contribution < -0.4 is 20.3 Å². The van der Waals surface area contributed by atoms with Gasteiger partial charge in [-0.3, -0.25) is 14.4 Å². The van der Waals surface area contributed by atoms with Gasteiger partial charge in [0.25, 0.3) is 5.91 Å². The van der Waals surface area contributed by atoms with Crippen LogP contribution in [0.5, 0.6) is 5.75 Å². The van der Waals surface area contributed by atoms with E-state index in [1.807, 2.05) is 30.3 Å². The molecule has 2 N–H and O–H groups in total. The van der Waals surface area contributed by atoms with Crippen molar-refractivity contribution < 1.29 is 32.3 Å². The molecule has 1 atom stereocenters. The van der Waals surface area contributed by atoms with Crippen LogP contribution in [0, 0.1) is 5.92 Å². The van der Waals surface area contributed by atoms with Gasteiger partial charge in [0.2, 0.25) is 11.8 Å². The molecule has 3 amide bonds. The molecule has 4 rings (SSSR count). The molecular weight excluding hydrogens is 579 g/mol. The summed E-state index contributed by atoms with van der Waals surface area (Å²) in [4.78, 5) is 38.9. The molecule has 0 aromatic heterocycles. The molecule has 3 aromatic carbocycles. The Kier molecular flexibility index (Phi) is 8.90. The Morgan fingerprint density at radius 3 is 2.44 bits per heavy atom. The standard InChI is InChI=1S/C28H25BrF3N3O4/c29-20-6-11-24(23(15-20)28(30,31)32)34-25(36)17-39-22-9-7-21(8-10-22)35-16-19(14-26(35)37)27(38)33-13-12-18-4-2-1-3-5-18/h1-11,15,19H,12-14,16-17H2,(H,33,38)(H,34,36)/t19-/m1/s1. The van der Waals surface area contributed by atoms with E-state index in [4.69, 9.17) is 4.74 Å². The highest BCUT2D eigenvalue weighted by Crippen LogP contribution is 2.36. The summed E-state index contributed by atoms with van der Waals surface area (Å²) in [6.07, 6.45) is -3.84. The monoisotopic (exact) mass is 603 g/mol. The summed E-state index contributed by atoms with van der Waals surface area (Å²) in [5.74, 6) is -1.29. The van der Waals surface area contributed by atoms with Gasteiger partial charge in [0.1, 0.15) is 5.75 Å². The van der Waals surface area contributed by atoms with Crippen LogP contribution in [0.2, 0.25) is 0 Å². The first-order valence-corrected chi connectivity index (χ1v) is 12.9. The molecule has 39 heavy (non-hydrogen) atoms. The zero-order chi connectivity index (χ0) is 28.0. The van der Waals surface area contributed by atoms with Gasteiger partial charge in [-0.25, -0.2) is 0 Å². The summed E-state index contributed by atoms with van der Waals surface area (Å²) in [7, 11) is 0. The average molecular weight is 604 g/mol. The SMILES string of the molecule is O=C(COc1ccc(N2C[C@H](C(=O)NCCc3ccccc3)CC2=O)cc1)Nc1ccc(Br)cc1C(F)(F)F. The first-order valence-electron chi connectivity index (χ1n) is 12.1. The number of amides is 3. The van der Waals surface area contributed by atoms with Gasteiger partial charge >= 0.3 is 6.18 Å². The van der Waals surface area contributed by atoms with E-state index in [9.17, 15) is 27.6 Å². The van der Waals surface area contributed by atoms with Gasteiger partial charge in [0.15, 0.2) is 6.61 Å². The fourth-order valence-electron chi connectivity index (χ4n) is 4.17. The highest BCUT2D eigenvalue weighted by molar-refractivity contribution is 9.10. The maximum absolute atomic E-state index is 13.3. The van der Waals surface area contributed by atoms with Gasteiger partial charge in [-0.15, -0.1) is 0 Å². The number of benzene rings is 3. The van der Waals surface area contributed by atoms with Gasteiger partial charge in [0.05, 0.1) is 17.2 Å². The Morgan fingerprint density at radius 1 is 1.03 bits per heavy atom. The lowest BCUT2D eigenvalue weighted by Crippen LogP contribution is -2.34. The van der Waals surface area contributed by atoms with Gasteiger partial charge < -0.3 is 20.3 Å². The Hall–Kier alpha value is -3.86. The number of anilines is 2. The van der Waals surface area contributed by atoms with Crippen LogP contribution in [-0.4, -0.2) is 37.4 Å². The van der Waals surface area contributed by atoms with Crippen molar-refractivity contribution in [3.63, 3.8) is 0 Å². The molecule has 0 aliphatic carbocycles. The number of nitrogens with one attached hydrogen (secondary N) is 2. The minimum Gasteiger partial charge on any atom is -0.484 e.